The molecule has 0 radical (unpaired) electrons. The number of benzene rings is 1. The number of fused-ring (bicyclic) bond motifs is 1. The molecule has 0 unspecified atom stereocenters. The van der Waals surface area contributed by atoms with E-state index in [1.807, 2.05) is 0 Å². The van der Waals surface area contributed by atoms with E-state index in [1.54, 1.807) is 6.20 Å². The van der Waals surface area contributed by atoms with Crippen molar-refractivity contribution in [3.05, 3.63) is 30.2 Å². The fraction of sp³-hybridized carbons (Fsp3) is 0.500. The molecule has 0 bridgehead atoms. The van der Waals surface area contributed by atoms with E-state index in [4.69, 9.17) is 9.72 Å². The van der Waals surface area contributed by atoms with Crippen molar-refractivity contribution in [2.75, 3.05) is 44.7 Å². The Bertz CT molecular complexity index is 1100. The highest BCUT2D eigenvalue weighted by molar-refractivity contribution is 5.87. The second-order valence-electron chi connectivity index (χ2n) is 8.58. The van der Waals surface area contributed by atoms with Crippen LogP contribution in [0.5, 0.6) is 11.8 Å². The van der Waals surface area contributed by atoms with Crippen molar-refractivity contribution in [1.82, 2.24) is 30.0 Å². The van der Waals surface area contributed by atoms with Gasteiger partial charge in [0.15, 0.2) is 11.5 Å². The lowest BCUT2D eigenvalue weighted by molar-refractivity contribution is 0.188. The van der Waals surface area contributed by atoms with Crippen LogP contribution in [0, 0.1) is 5.82 Å². The predicted octanol–water partition coefficient (Wildman–Crippen LogP) is 1.93. The zero-order valence-electron chi connectivity index (χ0n) is 18.3. The molecule has 10 heteroatoms. The van der Waals surface area contributed by atoms with Gasteiger partial charge in [-0.15, -0.1) is 5.10 Å². The molecule has 2 fully saturated rings. The van der Waals surface area contributed by atoms with Crippen LogP contribution in [0.25, 0.3) is 16.7 Å². The number of anilines is 1. The van der Waals surface area contributed by atoms with Gasteiger partial charge in [-0.05, 0) is 45.5 Å². The van der Waals surface area contributed by atoms with E-state index in [0.717, 1.165) is 39.0 Å². The number of likely N-dealkylation sites (N-methyl/N-ethyl adjacent to an activating group) is 1. The second kappa shape index (κ2) is 8.51. The largest absolute Gasteiger partial charge is 0.506 e. The monoisotopic (exact) mass is 441 g/mol. The van der Waals surface area contributed by atoms with Crippen LogP contribution in [-0.4, -0.2) is 81.7 Å². The van der Waals surface area contributed by atoms with E-state index in [0.29, 0.717) is 29.5 Å². The van der Waals surface area contributed by atoms with E-state index in [-0.39, 0.29) is 23.5 Å². The van der Waals surface area contributed by atoms with Crippen LogP contribution in [0.3, 0.4) is 0 Å². The maximum Gasteiger partial charge on any atom is 0.320 e. The number of piperazine rings is 1. The SMILES string of the molecule is C[C@H]1CNCCN1c1nc(OC[C@@H]2CCCN2C)nc2nn(-c3c(O)cccc3F)cc12. The first kappa shape index (κ1) is 20.9. The van der Waals surface area contributed by atoms with Crippen molar-refractivity contribution < 1.29 is 14.2 Å². The van der Waals surface area contributed by atoms with Crippen LogP contribution >= 0.6 is 0 Å². The summed E-state index contributed by atoms with van der Waals surface area (Å²) < 4.78 is 21.8. The van der Waals surface area contributed by atoms with Gasteiger partial charge >= 0.3 is 6.01 Å². The first-order valence-corrected chi connectivity index (χ1v) is 11.1. The minimum atomic E-state index is -0.566. The van der Waals surface area contributed by atoms with E-state index >= 15 is 0 Å². The lowest BCUT2D eigenvalue weighted by Gasteiger charge is -2.35. The van der Waals surface area contributed by atoms with Crippen molar-refractivity contribution in [3.8, 4) is 17.4 Å². The topological polar surface area (TPSA) is 91.6 Å². The molecule has 0 aliphatic carbocycles. The number of halogens is 1. The number of ether oxygens (including phenoxy) is 1. The van der Waals surface area contributed by atoms with Gasteiger partial charge in [-0.25, -0.2) is 9.07 Å². The summed E-state index contributed by atoms with van der Waals surface area (Å²) >= 11 is 0. The Morgan fingerprint density at radius 2 is 2.16 bits per heavy atom. The molecule has 2 N–H and O–H groups in total. The minimum absolute atomic E-state index is 0.0140. The summed E-state index contributed by atoms with van der Waals surface area (Å²) in [5.74, 6) is -0.0481. The van der Waals surface area contributed by atoms with Crippen molar-refractivity contribution in [2.24, 2.45) is 0 Å². The molecule has 1 aromatic carbocycles. The molecular formula is C22H28FN7O2. The van der Waals surface area contributed by atoms with Crippen molar-refractivity contribution in [2.45, 2.75) is 31.8 Å². The molecule has 170 valence electrons. The number of hydrogen-bond donors (Lipinski definition) is 2. The number of likely N-dealkylation sites (tertiary alicyclic amines) is 1. The van der Waals surface area contributed by atoms with Gasteiger partial charge in [0, 0.05) is 37.9 Å². The number of aromatic hydroxyl groups is 1. The third-order valence-electron chi connectivity index (χ3n) is 6.38. The summed E-state index contributed by atoms with van der Waals surface area (Å²) in [5.41, 5.74) is 0.387. The van der Waals surface area contributed by atoms with E-state index in [2.05, 4.69) is 39.2 Å². The first-order valence-electron chi connectivity index (χ1n) is 11.1. The molecule has 0 amide bonds. The summed E-state index contributed by atoms with van der Waals surface area (Å²) in [6.07, 6.45) is 3.91. The fourth-order valence-corrected chi connectivity index (χ4v) is 4.52. The number of para-hydroxylation sites is 1. The standard InChI is InChI=1S/C22H28FN7O2/c1-14-11-24-8-10-29(14)21-16-12-30(19-17(23)6-3-7-18(19)31)27-20(16)25-22(26-21)32-13-15-5-4-9-28(15)2/h3,6-7,12,14-15,24,31H,4-5,8-11,13H2,1-2H3/t14-,15-/m0/s1. The molecule has 2 aliphatic heterocycles. The maximum atomic E-state index is 14.5. The lowest BCUT2D eigenvalue weighted by Crippen LogP contribution is -2.50. The van der Waals surface area contributed by atoms with E-state index in [1.165, 1.54) is 22.9 Å². The normalized spacial score (nSPS) is 22.0. The first-order chi connectivity index (χ1) is 15.5. The summed E-state index contributed by atoms with van der Waals surface area (Å²) in [7, 11) is 2.10. The molecule has 0 saturated carbocycles. The molecule has 3 aromatic rings. The molecule has 2 aliphatic rings. The number of phenolic OH excluding ortho intramolecular Hbond substituents is 1. The molecule has 2 atom stereocenters. The third-order valence-corrected chi connectivity index (χ3v) is 6.38. The number of nitrogens with one attached hydrogen (secondary N) is 1. The Morgan fingerprint density at radius 3 is 2.91 bits per heavy atom. The van der Waals surface area contributed by atoms with Gasteiger partial charge in [0.2, 0.25) is 0 Å². The number of phenols is 1. The molecule has 9 nitrogen and oxygen atoms in total. The molecule has 32 heavy (non-hydrogen) atoms. The van der Waals surface area contributed by atoms with Crippen LogP contribution in [-0.2, 0) is 0 Å². The van der Waals surface area contributed by atoms with Gasteiger partial charge in [-0.2, -0.15) is 9.97 Å². The van der Waals surface area contributed by atoms with Crippen molar-refractivity contribution in [1.29, 1.82) is 0 Å². The van der Waals surface area contributed by atoms with Crippen LogP contribution in [0.4, 0.5) is 10.2 Å². The van der Waals surface area contributed by atoms with Gasteiger partial charge in [-0.3, -0.25) is 0 Å². The van der Waals surface area contributed by atoms with Gasteiger partial charge < -0.3 is 25.0 Å². The highest BCUT2D eigenvalue weighted by atomic mass is 19.1. The van der Waals surface area contributed by atoms with Crippen molar-refractivity contribution in [3.63, 3.8) is 0 Å². The van der Waals surface area contributed by atoms with E-state index in [9.17, 15) is 9.50 Å². The average Bonchev–Trinajstić information content (AvgIpc) is 3.38. The third kappa shape index (κ3) is 3.84. The fourth-order valence-electron chi connectivity index (χ4n) is 4.52. The average molecular weight is 442 g/mol. The highest BCUT2D eigenvalue weighted by Crippen LogP contribution is 2.31. The molecule has 0 spiro atoms. The van der Waals surface area contributed by atoms with Gasteiger partial charge in [0.25, 0.3) is 0 Å². The van der Waals surface area contributed by atoms with Crippen LogP contribution in [0.1, 0.15) is 19.8 Å². The smallest absolute Gasteiger partial charge is 0.320 e. The molecule has 5 rings (SSSR count). The van der Waals surface area contributed by atoms with Gasteiger partial charge in [0.1, 0.15) is 23.9 Å². The summed E-state index contributed by atoms with van der Waals surface area (Å²) in [4.78, 5) is 13.7. The Morgan fingerprint density at radius 1 is 1.28 bits per heavy atom. The highest BCUT2D eigenvalue weighted by Gasteiger charge is 2.26. The number of hydrogen-bond acceptors (Lipinski definition) is 8. The number of aromatic nitrogens is 4. The number of rotatable bonds is 5. The minimum Gasteiger partial charge on any atom is -0.506 e. The van der Waals surface area contributed by atoms with Crippen molar-refractivity contribution >= 4 is 16.9 Å². The van der Waals surface area contributed by atoms with Crippen LogP contribution < -0.4 is 15.0 Å². The zero-order chi connectivity index (χ0) is 22.2. The Hall–Kier alpha value is -2.98. The van der Waals surface area contributed by atoms with Gasteiger partial charge in [0.05, 0.1) is 5.39 Å². The second-order valence-corrected chi connectivity index (χ2v) is 8.58. The van der Waals surface area contributed by atoms with E-state index < -0.39 is 5.82 Å². The quantitative estimate of drug-likeness (QED) is 0.621. The molecular weight excluding hydrogens is 413 g/mol. The van der Waals surface area contributed by atoms with Gasteiger partial charge in [-0.1, -0.05) is 6.07 Å². The molecule has 4 heterocycles. The summed E-state index contributed by atoms with van der Waals surface area (Å²) in [5, 5.41) is 18.8. The number of nitrogens with zero attached hydrogens (tertiary/aromatic N) is 6. The maximum absolute atomic E-state index is 14.5. The Balaban J connectivity index is 1.56. The predicted molar refractivity (Wildman–Crippen MR) is 119 cm³/mol. The summed E-state index contributed by atoms with van der Waals surface area (Å²) in [6.45, 7) is 6.13. The Kier molecular flexibility index (Phi) is 5.56. The van der Waals surface area contributed by atoms with Crippen LogP contribution in [0.15, 0.2) is 24.4 Å². The zero-order valence-corrected chi connectivity index (χ0v) is 18.3. The molecule has 2 aromatic heterocycles. The molecule has 2 saturated heterocycles. The summed E-state index contributed by atoms with van der Waals surface area (Å²) in [6, 6.07) is 4.99. The Labute approximate surface area is 185 Å². The van der Waals surface area contributed by atoms with Crippen LogP contribution in [0.2, 0.25) is 0 Å². The lowest BCUT2D eigenvalue weighted by atomic mass is 10.2.